The number of anilines is 1. The number of piperidine rings is 1. The zero-order chi connectivity index (χ0) is 19.6. The molecule has 6 nitrogen and oxygen atoms in total. The van der Waals surface area contributed by atoms with E-state index >= 15 is 0 Å². The third kappa shape index (κ3) is 4.00. The molecule has 6 heteroatoms. The molecule has 2 heterocycles. The molecule has 1 saturated heterocycles. The summed E-state index contributed by atoms with van der Waals surface area (Å²) in [6.45, 7) is 5.64. The number of pyridine rings is 1. The number of likely N-dealkylation sites (tertiary alicyclic amines) is 1. The first kappa shape index (κ1) is 19.4. The first-order chi connectivity index (χ1) is 12.9. The number of nitrogens with one attached hydrogen (secondary N) is 1. The van der Waals surface area contributed by atoms with Crippen LogP contribution in [0.1, 0.15) is 49.2 Å². The Hall–Kier alpha value is -2.34. The van der Waals surface area contributed by atoms with Crippen LogP contribution in [0.4, 0.5) is 5.69 Å². The highest BCUT2D eigenvalue weighted by Gasteiger charge is 2.25. The predicted molar refractivity (Wildman–Crippen MR) is 109 cm³/mol. The van der Waals surface area contributed by atoms with E-state index in [0.29, 0.717) is 29.1 Å². The SMILES string of the molecule is CCOC(=O)c1[nH]c2ccc(N(C)C)cc2c(=O)c1CN1CCCC[C@H]1C. The second-order valence-corrected chi connectivity index (χ2v) is 7.47. The topological polar surface area (TPSA) is 65.6 Å². The van der Waals surface area contributed by atoms with Crippen molar-refractivity contribution in [1.29, 1.82) is 0 Å². The van der Waals surface area contributed by atoms with E-state index in [1.54, 1.807) is 6.92 Å². The molecular weight excluding hydrogens is 342 g/mol. The van der Waals surface area contributed by atoms with Gasteiger partial charge in [0, 0.05) is 43.3 Å². The first-order valence-electron chi connectivity index (χ1n) is 9.69. The van der Waals surface area contributed by atoms with Crippen LogP contribution >= 0.6 is 0 Å². The number of H-pyrrole nitrogens is 1. The number of fused-ring (bicyclic) bond motifs is 1. The van der Waals surface area contributed by atoms with Crippen LogP contribution < -0.4 is 10.3 Å². The van der Waals surface area contributed by atoms with Gasteiger partial charge < -0.3 is 14.6 Å². The van der Waals surface area contributed by atoms with Crippen molar-refractivity contribution in [3.63, 3.8) is 0 Å². The Labute approximate surface area is 160 Å². The van der Waals surface area contributed by atoms with Gasteiger partial charge in [-0.05, 0) is 51.4 Å². The number of nitrogens with zero attached hydrogens (tertiary/aromatic N) is 2. The number of ether oxygens (including phenoxy) is 1. The largest absolute Gasteiger partial charge is 0.461 e. The predicted octanol–water partition coefficient (Wildman–Crippen LogP) is 3.15. The van der Waals surface area contributed by atoms with Gasteiger partial charge in [0.15, 0.2) is 5.43 Å². The Kier molecular flexibility index (Phi) is 5.85. The van der Waals surface area contributed by atoms with Crippen molar-refractivity contribution in [2.45, 2.75) is 45.7 Å². The molecule has 0 radical (unpaired) electrons. The van der Waals surface area contributed by atoms with Crippen LogP contribution in [0.3, 0.4) is 0 Å². The zero-order valence-corrected chi connectivity index (χ0v) is 16.7. The number of rotatable bonds is 5. The highest BCUT2D eigenvalue weighted by atomic mass is 16.5. The Morgan fingerprint density at radius 2 is 2.11 bits per heavy atom. The van der Waals surface area contributed by atoms with Crippen molar-refractivity contribution in [2.75, 3.05) is 32.1 Å². The van der Waals surface area contributed by atoms with Crippen molar-refractivity contribution in [3.05, 3.63) is 39.7 Å². The van der Waals surface area contributed by atoms with Gasteiger partial charge in [-0.2, -0.15) is 0 Å². The molecule has 1 aliphatic rings. The summed E-state index contributed by atoms with van der Waals surface area (Å²) in [6.07, 6.45) is 3.45. The van der Waals surface area contributed by atoms with Gasteiger partial charge in [-0.25, -0.2) is 4.79 Å². The molecule has 0 saturated carbocycles. The first-order valence-corrected chi connectivity index (χ1v) is 9.69. The summed E-state index contributed by atoms with van der Waals surface area (Å²) in [7, 11) is 3.89. The molecule has 0 amide bonds. The number of carbonyl (C=O) groups is 1. The number of hydrogen-bond donors (Lipinski definition) is 1. The monoisotopic (exact) mass is 371 g/mol. The summed E-state index contributed by atoms with van der Waals surface area (Å²) >= 11 is 0. The van der Waals surface area contributed by atoms with Crippen LogP contribution in [0, 0.1) is 0 Å². The van der Waals surface area contributed by atoms with Crippen molar-refractivity contribution in [1.82, 2.24) is 9.88 Å². The number of hydrogen-bond acceptors (Lipinski definition) is 5. The van der Waals surface area contributed by atoms with Crippen LogP contribution in [0.15, 0.2) is 23.0 Å². The van der Waals surface area contributed by atoms with Gasteiger partial charge in [-0.3, -0.25) is 9.69 Å². The molecule has 1 N–H and O–H groups in total. The van der Waals surface area contributed by atoms with Crippen molar-refractivity contribution in [3.8, 4) is 0 Å². The molecule has 1 aromatic heterocycles. The van der Waals surface area contributed by atoms with Crippen LogP contribution in [0.2, 0.25) is 0 Å². The van der Waals surface area contributed by atoms with E-state index in [-0.39, 0.29) is 17.7 Å². The summed E-state index contributed by atoms with van der Waals surface area (Å²) in [5.41, 5.74) is 2.31. The number of benzene rings is 1. The molecule has 1 aromatic carbocycles. The number of aromatic nitrogens is 1. The average molecular weight is 371 g/mol. The van der Waals surface area contributed by atoms with E-state index in [1.807, 2.05) is 37.2 Å². The molecule has 1 atom stereocenters. The number of esters is 1. The second-order valence-electron chi connectivity index (χ2n) is 7.47. The van der Waals surface area contributed by atoms with Crippen LogP contribution in [-0.4, -0.2) is 49.1 Å². The third-order valence-electron chi connectivity index (χ3n) is 5.38. The highest BCUT2D eigenvalue weighted by molar-refractivity contribution is 5.93. The Bertz CT molecular complexity index is 888. The standard InChI is InChI=1S/C21H29N3O3/c1-5-27-21(26)19-17(13-24-11-7-6-8-14(24)2)20(25)16-12-15(23(3)4)9-10-18(16)22-19/h9-10,12,14H,5-8,11,13H2,1-4H3,(H,22,25)/t14-/m1/s1. The average Bonchev–Trinajstić information content (AvgIpc) is 2.65. The van der Waals surface area contributed by atoms with E-state index in [1.165, 1.54) is 6.42 Å². The van der Waals surface area contributed by atoms with E-state index in [0.717, 1.165) is 25.1 Å². The minimum absolute atomic E-state index is 0.0896. The molecule has 1 aliphatic heterocycles. The van der Waals surface area contributed by atoms with E-state index < -0.39 is 5.97 Å². The fourth-order valence-electron chi connectivity index (χ4n) is 3.72. The molecule has 3 rings (SSSR count). The van der Waals surface area contributed by atoms with Crippen LogP contribution in [0.25, 0.3) is 10.9 Å². The Balaban J connectivity index is 2.13. The Morgan fingerprint density at radius 3 is 2.78 bits per heavy atom. The van der Waals surface area contributed by atoms with E-state index in [4.69, 9.17) is 4.74 Å². The number of carbonyl (C=O) groups excluding carboxylic acids is 1. The quantitative estimate of drug-likeness (QED) is 0.818. The lowest BCUT2D eigenvalue weighted by Crippen LogP contribution is -2.39. The molecule has 27 heavy (non-hydrogen) atoms. The summed E-state index contributed by atoms with van der Waals surface area (Å²) in [5.74, 6) is -0.465. The van der Waals surface area contributed by atoms with Crippen molar-refractivity contribution < 1.29 is 9.53 Å². The lowest BCUT2D eigenvalue weighted by Gasteiger charge is -2.33. The minimum atomic E-state index is -0.465. The lowest BCUT2D eigenvalue weighted by molar-refractivity contribution is 0.0515. The van der Waals surface area contributed by atoms with Gasteiger partial charge in [0.25, 0.3) is 0 Å². The van der Waals surface area contributed by atoms with Gasteiger partial charge in [0.1, 0.15) is 5.69 Å². The minimum Gasteiger partial charge on any atom is -0.461 e. The summed E-state index contributed by atoms with van der Waals surface area (Å²) in [4.78, 5) is 33.3. The lowest BCUT2D eigenvalue weighted by atomic mass is 10.0. The molecular formula is C21H29N3O3. The molecule has 146 valence electrons. The maximum Gasteiger partial charge on any atom is 0.355 e. The smallest absolute Gasteiger partial charge is 0.355 e. The maximum absolute atomic E-state index is 13.3. The molecule has 0 bridgehead atoms. The fraction of sp³-hybridized carbons (Fsp3) is 0.524. The maximum atomic E-state index is 13.3. The molecule has 0 spiro atoms. The van der Waals surface area contributed by atoms with Gasteiger partial charge in [0.05, 0.1) is 12.1 Å². The highest BCUT2D eigenvalue weighted by Crippen LogP contribution is 2.23. The summed E-state index contributed by atoms with van der Waals surface area (Å²) < 4.78 is 5.21. The fourth-order valence-corrected chi connectivity index (χ4v) is 3.72. The Morgan fingerprint density at radius 1 is 1.33 bits per heavy atom. The van der Waals surface area contributed by atoms with Crippen molar-refractivity contribution >= 4 is 22.6 Å². The molecule has 0 unspecified atom stereocenters. The number of aromatic amines is 1. The van der Waals surface area contributed by atoms with Gasteiger partial charge in [-0.1, -0.05) is 6.42 Å². The third-order valence-corrected chi connectivity index (χ3v) is 5.38. The second kappa shape index (κ2) is 8.13. The van der Waals surface area contributed by atoms with Gasteiger partial charge >= 0.3 is 5.97 Å². The van der Waals surface area contributed by atoms with E-state index in [9.17, 15) is 9.59 Å². The van der Waals surface area contributed by atoms with Gasteiger partial charge in [0.2, 0.25) is 0 Å². The summed E-state index contributed by atoms with van der Waals surface area (Å²) in [6, 6.07) is 6.06. The normalized spacial score (nSPS) is 17.9. The molecule has 2 aromatic rings. The molecule has 0 aliphatic carbocycles. The van der Waals surface area contributed by atoms with E-state index in [2.05, 4.69) is 16.8 Å². The van der Waals surface area contributed by atoms with Crippen LogP contribution in [-0.2, 0) is 11.3 Å². The van der Waals surface area contributed by atoms with Crippen molar-refractivity contribution in [2.24, 2.45) is 0 Å². The van der Waals surface area contributed by atoms with Crippen LogP contribution in [0.5, 0.6) is 0 Å². The van der Waals surface area contributed by atoms with Gasteiger partial charge in [-0.15, -0.1) is 0 Å². The molecule has 1 fully saturated rings. The summed E-state index contributed by atoms with van der Waals surface area (Å²) in [5, 5.41) is 0.605. The zero-order valence-electron chi connectivity index (χ0n) is 16.7.